The third kappa shape index (κ3) is 2.02. The van der Waals surface area contributed by atoms with Crippen molar-refractivity contribution in [2.45, 2.75) is 0 Å². The first-order chi connectivity index (χ1) is 17.4. The number of imidazole rings is 2. The Bertz CT molecular complexity index is 2220. The molecule has 0 bridgehead atoms. The van der Waals surface area contributed by atoms with E-state index in [1.165, 1.54) is 54.8 Å². The summed E-state index contributed by atoms with van der Waals surface area (Å²) in [5.41, 5.74) is 9.35. The van der Waals surface area contributed by atoms with Crippen molar-refractivity contribution in [2.24, 2.45) is 0 Å². The summed E-state index contributed by atoms with van der Waals surface area (Å²) in [5, 5.41) is 5.06. The first-order valence-electron chi connectivity index (χ1n) is 11.9. The Labute approximate surface area is 199 Å². The molecule has 0 amide bonds. The van der Waals surface area contributed by atoms with E-state index in [-0.39, 0.29) is 0 Å². The number of nitrogens with zero attached hydrogens (tertiary/aromatic N) is 4. The summed E-state index contributed by atoms with van der Waals surface area (Å²) >= 11 is 0. The van der Waals surface area contributed by atoms with E-state index >= 15 is 0 Å². The molecule has 0 aliphatic carbocycles. The molecule has 9 rings (SSSR count). The molecule has 0 unspecified atom stereocenters. The first kappa shape index (κ1) is 17.6. The topological polar surface area (TPSA) is 26.6 Å². The molecule has 0 aliphatic rings. The third-order valence-corrected chi connectivity index (χ3v) is 7.56. The second kappa shape index (κ2) is 5.99. The Morgan fingerprint density at radius 1 is 0.457 bits per heavy atom. The minimum absolute atomic E-state index is 0.965. The lowest BCUT2D eigenvalue weighted by atomic mass is 10.1. The minimum Gasteiger partial charge on any atom is -0.309 e. The van der Waals surface area contributed by atoms with Gasteiger partial charge in [0.05, 0.1) is 38.6 Å². The van der Waals surface area contributed by atoms with Crippen molar-refractivity contribution in [3.8, 4) is 5.69 Å². The van der Waals surface area contributed by atoms with Crippen LogP contribution in [0.15, 0.2) is 109 Å². The van der Waals surface area contributed by atoms with Gasteiger partial charge >= 0.3 is 0 Å². The van der Waals surface area contributed by atoms with E-state index in [0.29, 0.717) is 0 Å². The van der Waals surface area contributed by atoms with Crippen molar-refractivity contribution < 1.29 is 0 Å². The predicted octanol–water partition coefficient (Wildman–Crippen LogP) is 7.58. The third-order valence-electron chi connectivity index (χ3n) is 7.56. The number of hydrogen-bond donors (Lipinski definition) is 0. The van der Waals surface area contributed by atoms with Crippen LogP contribution in [-0.4, -0.2) is 18.4 Å². The van der Waals surface area contributed by atoms with E-state index in [1.54, 1.807) is 0 Å². The van der Waals surface area contributed by atoms with Crippen molar-refractivity contribution in [3.63, 3.8) is 0 Å². The lowest BCUT2D eigenvalue weighted by Gasteiger charge is -2.09. The van der Waals surface area contributed by atoms with Gasteiger partial charge < -0.3 is 4.57 Å². The van der Waals surface area contributed by atoms with Gasteiger partial charge in [0.25, 0.3) is 0 Å². The summed E-state index contributed by atoms with van der Waals surface area (Å²) in [6.45, 7) is 0. The van der Waals surface area contributed by atoms with Crippen molar-refractivity contribution >= 4 is 65.9 Å². The van der Waals surface area contributed by atoms with Crippen LogP contribution >= 0.6 is 0 Å². The van der Waals surface area contributed by atoms with Crippen molar-refractivity contribution in [1.29, 1.82) is 0 Å². The van der Waals surface area contributed by atoms with E-state index in [1.807, 2.05) is 0 Å². The van der Waals surface area contributed by atoms with E-state index < -0.39 is 0 Å². The Kier molecular flexibility index (Phi) is 3.01. The lowest BCUT2D eigenvalue weighted by molar-refractivity contribution is 1.18. The number of rotatable bonds is 1. The maximum Gasteiger partial charge on any atom is 0.220 e. The highest BCUT2D eigenvalue weighted by Crippen LogP contribution is 2.40. The molecule has 9 aromatic rings. The molecule has 5 aromatic carbocycles. The summed E-state index contributed by atoms with van der Waals surface area (Å²) < 4.78 is 7.06. The molecule has 0 saturated heterocycles. The molecule has 4 nitrogen and oxygen atoms in total. The van der Waals surface area contributed by atoms with Crippen molar-refractivity contribution in [2.75, 3.05) is 0 Å². The van der Waals surface area contributed by atoms with Gasteiger partial charge in [0.1, 0.15) is 0 Å². The quantitative estimate of drug-likeness (QED) is 0.255. The zero-order valence-corrected chi connectivity index (χ0v) is 18.7. The molecule has 4 aromatic heterocycles. The van der Waals surface area contributed by atoms with Gasteiger partial charge in [-0.05, 0) is 42.5 Å². The van der Waals surface area contributed by atoms with Gasteiger partial charge in [0, 0.05) is 27.2 Å². The first-order valence-corrected chi connectivity index (χ1v) is 11.9. The summed E-state index contributed by atoms with van der Waals surface area (Å²) in [4.78, 5) is 5.07. The second-order valence-electron chi connectivity index (χ2n) is 9.32. The summed E-state index contributed by atoms with van der Waals surface area (Å²) in [7, 11) is 0. The average Bonchev–Trinajstić information content (AvgIpc) is 3.62. The molecule has 0 atom stereocenters. The summed E-state index contributed by atoms with van der Waals surface area (Å²) in [6, 6.07) is 39.2. The van der Waals surface area contributed by atoms with Gasteiger partial charge in [0.15, 0.2) is 0 Å². The van der Waals surface area contributed by atoms with Crippen LogP contribution in [0.2, 0.25) is 0 Å². The fourth-order valence-electron chi connectivity index (χ4n) is 6.17. The molecule has 0 aliphatic heterocycles. The molecular formula is C31H18N4. The van der Waals surface area contributed by atoms with Gasteiger partial charge in [-0.2, -0.15) is 0 Å². The Balaban J connectivity index is 1.56. The van der Waals surface area contributed by atoms with Crippen molar-refractivity contribution in [1.82, 2.24) is 18.4 Å². The average molecular weight is 447 g/mol. The Hall–Kier alpha value is -4.83. The van der Waals surface area contributed by atoms with Gasteiger partial charge in [-0.3, -0.25) is 8.80 Å². The fraction of sp³-hybridized carbons (Fsp3) is 0. The number of benzene rings is 5. The number of fused-ring (bicyclic) bond motifs is 11. The number of para-hydroxylation sites is 5. The highest BCUT2D eigenvalue weighted by Gasteiger charge is 2.22. The van der Waals surface area contributed by atoms with Crippen LogP contribution in [0.4, 0.5) is 0 Å². The molecule has 4 heteroatoms. The zero-order chi connectivity index (χ0) is 22.7. The molecule has 0 fully saturated rings. The molecule has 0 radical (unpaired) electrons. The standard InChI is InChI=1S/C31H18N4/c1-5-13-25-20(9-1)21-10-2-6-14-26(21)33(25)19-17-23-22-11-3-7-15-27(22)35-30(23)29(18-19)34-28-16-8-4-12-24(28)32-31(34)35/h1-18H. The molecule has 35 heavy (non-hydrogen) atoms. The molecule has 0 N–H and O–H groups in total. The Morgan fingerprint density at radius 3 is 1.74 bits per heavy atom. The molecule has 0 spiro atoms. The minimum atomic E-state index is 0.965. The van der Waals surface area contributed by atoms with Crippen LogP contribution in [-0.2, 0) is 0 Å². The SMILES string of the molecule is c1ccc2c(c1)nc1n2c2cc(-n3c4ccccc4c4ccccc43)cc3c4ccccc4n1c32. The highest BCUT2D eigenvalue weighted by molar-refractivity contribution is 6.17. The van der Waals surface area contributed by atoms with Crippen LogP contribution in [0.25, 0.3) is 71.6 Å². The maximum absolute atomic E-state index is 5.07. The van der Waals surface area contributed by atoms with E-state index in [0.717, 1.165) is 16.8 Å². The van der Waals surface area contributed by atoms with Crippen LogP contribution < -0.4 is 0 Å². The van der Waals surface area contributed by atoms with E-state index in [2.05, 4.69) is 123 Å². The largest absolute Gasteiger partial charge is 0.309 e. The molecule has 4 heterocycles. The summed E-state index contributed by atoms with van der Waals surface area (Å²) in [6.07, 6.45) is 0. The van der Waals surface area contributed by atoms with E-state index in [9.17, 15) is 0 Å². The lowest BCUT2D eigenvalue weighted by Crippen LogP contribution is -1.94. The van der Waals surface area contributed by atoms with Crippen molar-refractivity contribution in [3.05, 3.63) is 109 Å². The summed E-state index contributed by atoms with van der Waals surface area (Å²) in [5.74, 6) is 0.965. The number of hydrogen-bond acceptors (Lipinski definition) is 1. The van der Waals surface area contributed by atoms with Gasteiger partial charge in [-0.15, -0.1) is 0 Å². The van der Waals surface area contributed by atoms with Crippen LogP contribution in [0.1, 0.15) is 0 Å². The fourth-order valence-corrected chi connectivity index (χ4v) is 6.17. The normalized spacial score (nSPS) is 12.6. The monoisotopic (exact) mass is 446 g/mol. The van der Waals surface area contributed by atoms with Crippen LogP contribution in [0, 0.1) is 0 Å². The second-order valence-corrected chi connectivity index (χ2v) is 9.32. The molecule has 0 saturated carbocycles. The van der Waals surface area contributed by atoms with Crippen LogP contribution in [0.5, 0.6) is 0 Å². The maximum atomic E-state index is 5.07. The highest BCUT2D eigenvalue weighted by atomic mass is 15.2. The zero-order valence-electron chi connectivity index (χ0n) is 18.7. The van der Waals surface area contributed by atoms with Gasteiger partial charge in [0.2, 0.25) is 5.78 Å². The van der Waals surface area contributed by atoms with E-state index in [4.69, 9.17) is 4.98 Å². The predicted molar refractivity (Wildman–Crippen MR) is 144 cm³/mol. The molecular weight excluding hydrogens is 428 g/mol. The Morgan fingerprint density at radius 2 is 1.03 bits per heavy atom. The molecule has 162 valence electrons. The smallest absolute Gasteiger partial charge is 0.220 e. The number of aromatic nitrogens is 4. The van der Waals surface area contributed by atoms with Crippen LogP contribution in [0.3, 0.4) is 0 Å². The van der Waals surface area contributed by atoms with Gasteiger partial charge in [-0.1, -0.05) is 66.7 Å². The van der Waals surface area contributed by atoms with Gasteiger partial charge in [-0.25, -0.2) is 4.98 Å².